The summed E-state index contributed by atoms with van der Waals surface area (Å²) < 4.78 is 26.6. The molecule has 2 saturated heterocycles. The van der Waals surface area contributed by atoms with Gasteiger partial charge in [-0.25, -0.2) is 9.34 Å². The molecule has 0 bridgehead atoms. The fourth-order valence-electron chi connectivity index (χ4n) is 6.53. The molecule has 2 heterocycles. The van der Waals surface area contributed by atoms with Gasteiger partial charge in [0.2, 0.25) is 8.45 Å². The maximum atomic E-state index is 7.18. The van der Waals surface area contributed by atoms with Crippen LogP contribution in [0.4, 0.5) is 0 Å². The molecule has 0 radical (unpaired) electrons. The fraction of sp³-hybridized carbons (Fsp3) is 0.486. The molecular weight excluding hydrogens is 527 g/mol. The van der Waals surface area contributed by atoms with Gasteiger partial charge in [0.15, 0.2) is 5.79 Å². The lowest BCUT2D eigenvalue weighted by Crippen LogP contribution is -2.49. The Labute approximate surface area is 246 Å². The molecule has 41 heavy (non-hydrogen) atoms. The van der Waals surface area contributed by atoms with Gasteiger partial charge in [0.25, 0.3) is 0 Å². The van der Waals surface area contributed by atoms with Crippen molar-refractivity contribution in [2.24, 2.45) is 11.8 Å². The van der Waals surface area contributed by atoms with Gasteiger partial charge >= 0.3 is 0 Å². The van der Waals surface area contributed by atoms with Crippen molar-refractivity contribution in [2.45, 2.75) is 82.5 Å². The highest BCUT2D eigenvalue weighted by molar-refractivity contribution is 7.47. The van der Waals surface area contributed by atoms with Gasteiger partial charge < -0.3 is 14.0 Å². The lowest BCUT2D eigenvalue weighted by Gasteiger charge is -2.42. The Hall–Kier alpha value is -2.27. The second kappa shape index (κ2) is 11.8. The summed E-state index contributed by atoms with van der Waals surface area (Å²) in [6.07, 6.45) is 6.94. The van der Waals surface area contributed by atoms with Gasteiger partial charge in [-0.15, -0.1) is 0 Å². The molecule has 2 saturated carbocycles. The average Bonchev–Trinajstić information content (AvgIpc) is 3.92. The van der Waals surface area contributed by atoms with E-state index in [0.29, 0.717) is 0 Å². The van der Waals surface area contributed by atoms with Gasteiger partial charge in [0.05, 0.1) is 12.1 Å². The molecule has 216 valence electrons. The second-order valence-corrected chi connectivity index (χ2v) is 14.6. The van der Waals surface area contributed by atoms with E-state index in [1.54, 1.807) is 0 Å². The molecule has 7 rings (SSSR count). The van der Waals surface area contributed by atoms with Crippen LogP contribution in [0.2, 0.25) is 0 Å². The quantitative estimate of drug-likeness (QED) is 0.236. The third kappa shape index (κ3) is 6.55. The normalized spacial score (nSPS) is 30.0. The van der Waals surface area contributed by atoms with Gasteiger partial charge in [-0.3, -0.25) is 0 Å². The van der Waals surface area contributed by atoms with Crippen LogP contribution in [0.3, 0.4) is 0 Å². The Bertz CT molecular complexity index is 1190. The molecule has 6 heteroatoms. The van der Waals surface area contributed by atoms with Crippen LogP contribution in [0.25, 0.3) is 0 Å². The number of hydrogen-bond donors (Lipinski definition) is 0. The van der Waals surface area contributed by atoms with Gasteiger partial charge in [0.1, 0.15) is 18.0 Å². The number of rotatable bonds is 10. The molecule has 3 aromatic rings. The monoisotopic (exact) mass is 570 g/mol. The second-order valence-electron chi connectivity index (χ2n) is 12.9. The van der Waals surface area contributed by atoms with E-state index in [1.165, 1.54) is 36.8 Å². The van der Waals surface area contributed by atoms with Crippen LogP contribution in [0, 0.1) is 11.8 Å². The predicted octanol–water partition coefficient (Wildman–Crippen LogP) is 7.47. The summed E-state index contributed by atoms with van der Waals surface area (Å²) in [4.78, 5) is 0. The zero-order chi connectivity index (χ0) is 27.8. The van der Waals surface area contributed by atoms with Crippen LogP contribution in [-0.2, 0) is 22.3 Å². The smallest absolute Gasteiger partial charge is 0.248 e. The first-order valence-electron chi connectivity index (χ1n) is 15.5. The lowest BCUT2D eigenvalue weighted by atomic mass is 9.91. The van der Waals surface area contributed by atoms with Crippen molar-refractivity contribution in [1.29, 1.82) is 0 Å². The maximum Gasteiger partial charge on any atom is 0.248 e. The Kier molecular flexibility index (Phi) is 7.92. The molecule has 5 atom stereocenters. The minimum atomic E-state index is -1.11. The summed E-state index contributed by atoms with van der Waals surface area (Å²) in [6.45, 7) is 6.28. The van der Waals surface area contributed by atoms with Gasteiger partial charge in [-0.1, -0.05) is 78.9 Å². The molecule has 4 fully saturated rings. The average molecular weight is 571 g/mol. The van der Waals surface area contributed by atoms with E-state index in [0.717, 1.165) is 43.5 Å². The molecule has 2 aliphatic heterocycles. The van der Waals surface area contributed by atoms with E-state index < -0.39 is 14.2 Å². The minimum absolute atomic E-state index is 0.0498. The summed E-state index contributed by atoms with van der Waals surface area (Å²) in [7, 11) is -1.11. The van der Waals surface area contributed by atoms with E-state index in [-0.39, 0.29) is 24.3 Å². The summed E-state index contributed by atoms with van der Waals surface area (Å²) in [5.74, 6) is 1.77. The molecule has 4 aliphatic rings. The van der Waals surface area contributed by atoms with E-state index >= 15 is 0 Å². The number of para-hydroxylation sites is 1. The van der Waals surface area contributed by atoms with Crippen molar-refractivity contribution in [2.75, 3.05) is 13.1 Å². The zero-order valence-electron chi connectivity index (χ0n) is 24.3. The van der Waals surface area contributed by atoms with Crippen molar-refractivity contribution in [3.63, 3.8) is 0 Å². The van der Waals surface area contributed by atoms with Crippen LogP contribution in [0.1, 0.15) is 50.7 Å². The SMILES string of the molecule is CC1(C)O[C@@H]2[C@@H](O1)[C@H](Cc1ccccc1)N(CC1CC1)P(Oc1ccccc1)N(CC1CC1)[C@@H]2Cc1ccccc1. The van der Waals surface area contributed by atoms with Crippen LogP contribution in [0.5, 0.6) is 5.75 Å². The molecule has 0 N–H and O–H groups in total. The summed E-state index contributed by atoms with van der Waals surface area (Å²) in [5.41, 5.74) is 2.69. The first kappa shape index (κ1) is 27.6. The number of fused-ring (bicyclic) bond motifs is 1. The van der Waals surface area contributed by atoms with Crippen LogP contribution in [-0.4, -0.2) is 52.5 Å². The third-order valence-corrected chi connectivity index (χ3v) is 11.1. The summed E-state index contributed by atoms with van der Waals surface area (Å²) in [6, 6.07) is 32.7. The van der Waals surface area contributed by atoms with Crippen molar-refractivity contribution in [3.05, 3.63) is 102 Å². The number of benzene rings is 3. The Morgan fingerprint density at radius 1 is 0.659 bits per heavy atom. The molecular formula is C35H43N2O3P. The van der Waals surface area contributed by atoms with E-state index in [2.05, 4.69) is 114 Å². The standard InChI is InChI=1S/C35H43N2O3P/c1-35(2)38-33-31(22-26-12-6-3-7-13-26)36(24-28-18-19-28)41(40-30-16-10-5-11-17-30)37(25-29-20-21-29)32(34(33)39-35)23-27-14-8-4-9-15-27/h3-17,28-29,31-34H,18-25H2,1-2H3/t31-,32+,33-,34-,41?/m0/s1. The molecule has 0 amide bonds. The topological polar surface area (TPSA) is 34.2 Å². The summed E-state index contributed by atoms with van der Waals surface area (Å²) in [5, 5.41) is 0. The van der Waals surface area contributed by atoms with Crippen LogP contribution < -0.4 is 4.52 Å². The number of nitrogens with zero attached hydrogens (tertiary/aromatic N) is 2. The largest absolute Gasteiger partial charge is 0.444 e. The molecule has 2 aliphatic carbocycles. The van der Waals surface area contributed by atoms with Gasteiger partial charge in [-0.2, -0.15) is 0 Å². The molecule has 0 spiro atoms. The number of ether oxygens (including phenoxy) is 2. The lowest BCUT2D eigenvalue weighted by molar-refractivity contribution is -0.155. The Morgan fingerprint density at radius 3 is 1.49 bits per heavy atom. The van der Waals surface area contributed by atoms with Gasteiger partial charge in [0, 0.05) is 13.1 Å². The van der Waals surface area contributed by atoms with E-state index in [9.17, 15) is 0 Å². The molecule has 0 aromatic heterocycles. The van der Waals surface area contributed by atoms with Crippen molar-refractivity contribution >= 4 is 8.45 Å². The van der Waals surface area contributed by atoms with Crippen molar-refractivity contribution < 1.29 is 14.0 Å². The van der Waals surface area contributed by atoms with E-state index in [4.69, 9.17) is 14.0 Å². The molecule has 1 unspecified atom stereocenters. The Balaban J connectivity index is 1.35. The first-order chi connectivity index (χ1) is 20.0. The zero-order valence-corrected chi connectivity index (χ0v) is 25.2. The van der Waals surface area contributed by atoms with Gasteiger partial charge in [-0.05, 0) is 87.5 Å². The van der Waals surface area contributed by atoms with Crippen LogP contribution in [0.15, 0.2) is 91.0 Å². The highest BCUT2D eigenvalue weighted by Crippen LogP contribution is 2.57. The van der Waals surface area contributed by atoms with Crippen molar-refractivity contribution in [1.82, 2.24) is 9.34 Å². The fourth-order valence-corrected chi connectivity index (χ4v) is 9.02. The predicted molar refractivity (Wildman–Crippen MR) is 165 cm³/mol. The van der Waals surface area contributed by atoms with Crippen LogP contribution >= 0.6 is 8.45 Å². The highest BCUT2D eigenvalue weighted by Gasteiger charge is 2.58. The summed E-state index contributed by atoms with van der Waals surface area (Å²) >= 11 is 0. The molecule has 3 aromatic carbocycles. The first-order valence-corrected chi connectivity index (χ1v) is 16.7. The Morgan fingerprint density at radius 2 is 1.07 bits per heavy atom. The number of hydrogen-bond acceptors (Lipinski definition) is 5. The molecule has 5 nitrogen and oxygen atoms in total. The maximum absolute atomic E-state index is 7.18. The minimum Gasteiger partial charge on any atom is -0.444 e. The van der Waals surface area contributed by atoms with Crippen molar-refractivity contribution in [3.8, 4) is 5.75 Å². The highest BCUT2D eigenvalue weighted by atomic mass is 31.2. The third-order valence-electron chi connectivity index (χ3n) is 8.92. The van der Waals surface area contributed by atoms with E-state index in [1.807, 2.05) is 0 Å².